The minimum atomic E-state index is 0.873. The molecule has 0 nitrogen and oxygen atoms in total. The highest BCUT2D eigenvalue weighted by molar-refractivity contribution is 6.61. The Hall–Kier alpha value is -1.08. The summed E-state index contributed by atoms with van der Waals surface area (Å²) >= 11 is 0. The van der Waals surface area contributed by atoms with Crippen LogP contribution in [0.5, 0.6) is 0 Å². The second kappa shape index (κ2) is 6.58. The van der Waals surface area contributed by atoms with Crippen LogP contribution in [0.25, 0.3) is 0 Å². The third-order valence-electron chi connectivity index (χ3n) is 4.59. The molecular formula is C19H24Si. The van der Waals surface area contributed by atoms with Crippen molar-refractivity contribution < 1.29 is 0 Å². The molecule has 1 heteroatoms. The van der Waals surface area contributed by atoms with E-state index in [0.717, 1.165) is 15.4 Å². The van der Waals surface area contributed by atoms with E-state index in [1.54, 1.807) is 15.9 Å². The smallest absolute Gasteiger partial charge is 0.0779 e. The Balaban J connectivity index is 1.69. The van der Waals surface area contributed by atoms with Gasteiger partial charge in [0.15, 0.2) is 0 Å². The molecule has 2 aliphatic rings. The molecule has 1 saturated carbocycles. The molecule has 2 radical (unpaired) electrons. The van der Waals surface area contributed by atoms with Gasteiger partial charge in [-0.2, -0.15) is 0 Å². The van der Waals surface area contributed by atoms with E-state index in [0.29, 0.717) is 0 Å². The summed E-state index contributed by atoms with van der Waals surface area (Å²) < 4.78 is 0. The molecule has 0 heterocycles. The van der Waals surface area contributed by atoms with Gasteiger partial charge in [-0.05, 0) is 31.2 Å². The quantitative estimate of drug-likeness (QED) is 0.718. The fraction of sp³-hybridized carbons (Fsp3) is 0.474. The number of allylic oxidation sites excluding steroid dienone is 4. The van der Waals surface area contributed by atoms with Crippen LogP contribution in [-0.4, -0.2) is 9.52 Å². The van der Waals surface area contributed by atoms with Gasteiger partial charge in [0.05, 0.1) is 0 Å². The third-order valence-corrected chi connectivity index (χ3v) is 6.02. The van der Waals surface area contributed by atoms with Gasteiger partial charge in [-0.15, -0.1) is 0 Å². The average Bonchev–Trinajstić information content (AvgIpc) is 2.88. The van der Waals surface area contributed by atoms with Crippen molar-refractivity contribution in [1.29, 1.82) is 0 Å². The molecule has 0 spiro atoms. The van der Waals surface area contributed by atoms with Gasteiger partial charge < -0.3 is 0 Å². The lowest BCUT2D eigenvalue weighted by molar-refractivity contribution is 0.357. The van der Waals surface area contributed by atoms with Gasteiger partial charge in [-0.1, -0.05) is 84.5 Å². The highest BCUT2D eigenvalue weighted by Crippen LogP contribution is 2.26. The largest absolute Gasteiger partial charge is 0.116 e. The zero-order chi connectivity index (χ0) is 13.8. The van der Waals surface area contributed by atoms with Gasteiger partial charge in [-0.25, -0.2) is 0 Å². The lowest BCUT2D eigenvalue weighted by atomic mass is 9.85. The van der Waals surface area contributed by atoms with Crippen molar-refractivity contribution >= 4 is 14.7 Å². The summed E-state index contributed by atoms with van der Waals surface area (Å²) in [5, 5.41) is 3.20. The summed E-state index contributed by atoms with van der Waals surface area (Å²) in [4.78, 5) is 0. The molecule has 0 atom stereocenters. The first-order valence-electron chi connectivity index (χ1n) is 8.03. The predicted octanol–water partition coefficient (Wildman–Crippen LogP) is 4.37. The number of hydrogen-bond acceptors (Lipinski definition) is 0. The molecule has 0 aliphatic heterocycles. The first kappa shape index (κ1) is 13.9. The minimum Gasteiger partial charge on any atom is -0.0779 e. The fourth-order valence-electron chi connectivity index (χ4n) is 3.45. The molecule has 0 amide bonds. The van der Waals surface area contributed by atoms with Crippen LogP contribution in [-0.2, 0) is 6.42 Å². The molecule has 0 bridgehead atoms. The molecule has 20 heavy (non-hydrogen) atoms. The van der Waals surface area contributed by atoms with Crippen molar-refractivity contribution in [3.05, 3.63) is 52.8 Å². The Labute approximate surface area is 125 Å². The zero-order valence-electron chi connectivity index (χ0n) is 12.5. The third kappa shape index (κ3) is 3.52. The molecule has 3 rings (SSSR count). The Morgan fingerprint density at radius 1 is 1.10 bits per heavy atom. The molecule has 0 unspecified atom stereocenters. The SMILES string of the molecule is CC1=CCC([Si]c2ccccc2CC2CCCCC2)=C1. The molecular weight excluding hydrogens is 256 g/mol. The van der Waals surface area contributed by atoms with Crippen molar-refractivity contribution in [3.63, 3.8) is 0 Å². The lowest BCUT2D eigenvalue weighted by Crippen LogP contribution is -2.23. The van der Waals surface area contributed by atoms with E-state index < -0.39 is 0 Å². The predicted molar refractivity (Wildman–Crippen MR) is 88.6 cm³/mol. The van der Waals surface area contributed by atoms with Crippen molar-refractivity contribution in [1.82, 2.24) is 0 Å². The van der Waals surface area contributed by atoms with Crippen LogP contribution in [0.1, 0.15) is 51.0 Å². The van der Waals surface area contributed by atoms with E-state index >= 15 is 0 Å². The normalized spacial score (nSPS) is 19.9. The highest BCUT2D eigenvalue weighted by atomic mass is 28.2. The topological polar surface area (TPSA) is 0 Å². The van der Waals surface area contributed by atoms with Gasteiger partial charge in [0.25, 0.3) is 0 Å². The standard InChI is InChI=1S/C19H24Si/c1-15-11-12-18(13-15)20-19-10-6-5-9-17(19)14-16-7-3-2-4-8-16/h5-6,9-11,13,16H,2-4,7-8,12,14H2,1H3. The van der Waals surface area contributed by atoms with Crippen molar-refractivity contribution in [3.8, 4) is 0 Å². The van der Waals surface area contributed by atoms with E-state index in [9.17, 15) is 0 Å². The molecule has 1 aromatic carbocycles. The van der Waals surface area contributed by atoms with Gasteiger partial charge in [-0.3, -0.25) is 0 Å². The monoisotopic (exact) mass is 280 g/mol. The zero-order valence-corrected chi connectivity index (χ0v) is 13.5. The molecule has 104 valence electrons. The van der Waals surface area contributed by atoms with Crippen LogP contribution in [0.4, 0.5) is 0 Å². The maximum atomic E-state index is 2.38. The van der Waals surface area contributed by atoms with Crippen molar-refractivity contribution in [2.24, 2.45) is 5.92 Å². The first-order valence-corrected chi connectivity index (χ1v) is 9.03. The second-order valence-electron chi connectivity index (χ2n) is 6.31. The number of hydrogen-bond donors (Lipinski definition) is 0. The van der Waals surface area contributed by atoms with Gasteiger partial charge in [0.1, 0.15) is 9.52 Å². The summed E-state index contributed by atoms with van der Waals surface area (Å²) in [5.41, 5.74) is 3.06. The molecule has 0 N–H and O–H groups in total. The first-order chi connectivity index (χ1) is 9.81. The van der Waals surface area contributed by atoms with Crippen molar-refractivity contribution in [2.45, 2.75) is 51.9 Å². The maximum absolute atomic E-state index is 2.38. The summed E-state index contributed by atoms with van der Waals surface area (Å²) in [6, 6.07) is 9.15. The van der Waals surface area contributed by atoms with Crippen LogP contribution < -0.4 is 5.19 Å². The summed E-state index contributed by atoms with van der Waals surface area (Å²) in [6.07, 6.45) is 14.5. The molecule has 1 aromatic rings. The lowest BCUT2D eigenvalue weighted by Gasteiger charge is -2.22. The Kier molecular flexibility index (Phi) is 4.57. The van der Waals surface area contributed by atoms with E-state index in [1.165, 1.54) is 50.5 Å². The van der Waals surface area contributed by atoms with Crippen LogP contribution >= 0.6 is 0 Å². The maximum Gasteiger partial charge on any atom is 0.116 e. The van der Waals surface area contributed by atoms with E-state index in [1.807, 2.05) is 0 Å². The van der Waals surface area contributed by atoms with Crippen LogP contribution in [0.3, 0.4) is 0 Å². The number of benzene rings is 1. The number of rotatable bonds is 4. The van der Waals surface area contributed by atoms with Gasteiger partial charge in [0, 0.05) is 0 Å². The highest BCUT2D eigenvalue weighted by Gasteiger charge is 2.16. The van der Waals surface area contributed by atoms with Crippen LogP contribution in [0.2, 0.25) is 0 Å². The summed E-state index contributed by atoms with van der Waals surface area (Å²) in [5.74, 6) is 0.937. The molecule has 2 aliphatic carbocycles. The van der Waals surface area contributed by atoms with E-state index in [-0.39, 0.29) is 0 Å². The average molecular weight is 280 g/mol. The second-order valence-corrected chi connectivity index (χ2v) is 7.74. The summed E-state index contributed by atoms with van der Waals surface area (Å²) in [6.45, 7) is 2.21. The minimum absolute atomic E-state index is 0.873. The fourth-order valence-corrected chi connectivity index (χ4v) is 4.82. The van der Waals surface area contributed by atoms with Crippen molar-refractivity contribution in [2.75, 3.05) is 0 Å². The van der Waals surface area contributed by atoms with Gasteiger partial charge >= 0.3 is 0 Å². The molecule has 0 aromatic heterocycles. The Morgan fingerprint density at radius 3 is 2.65 bits per heavy atom. The van der Waals surface area contributed by atoms with Crippen LogP contribution in [0.15, 0.2) is 47.2 Å². The Bertz CT molecular complexity index is 518. The van der Waals surface area contributed by atoms with Gasteiger partial charge in [0.2, 0.25) is 0 Å². The molecule has 0 saturated heterocycles. The molecule has 1 fully saturated rings. The van der Waals surface area contributed by atoms with E-state index in [2.05, 4.69) is 43.3 Å². The van der Waals surface area contributed by atoms with Crippen LogP contribution in [0, 0.1) is 5.92 Å². The van der Waals surface area contributed by atoms with E-state index in [4.69, 9.17) is 0 Å². The Morgan fingerprint density at radius 2 is 1.90 bits per heavy atom. The summed E-state index contributed by atoms with van der Waals surface area (Å²) in [7, 11) is 0.873.